The topological polar surface area (TPSA) is 108 Å². The van der Waals surface area contributed by atoms with E-state index in [0.717, 1.165) is 37.7 Å². The molecule has 1 aliphatic heterocycles. The van der Waals surface area contributed by atoms with Gasteiger partial charge in [-0.05, 0) is 12.3 Å². The van der Waals surface area contributed by atoms with Crippen LogP contribution in [-0.2, 0) is 13.5 Å². The van der Waals surface area contributed by atoms with Crippen LogP contribution in [0.3, 0.4) is 0 Å². The standard InChI is InChI=1S/C14H22N8O/c1-9(2)6-12-17-18-14(20(12)3)21-5-4-10(7-21)22-8-11(13(15)23)16-19-22/h8-10H,4-7H2,1-3H3,(H2,15,23). The molecule has 0 bridgehead atoms. The molecule has 3 rings (SSSR count). The molecular weight excluding hydrogens is 296 g/mol. The first kappa shape index (κ1) is 15.4. The van der Waals surface area contributed by atoms with E-state index in [1.807, 2.05) is 7.05 Å². The highest BCUT2D eigenvalue weighted by molar-refractivity contribution is 5.90. The van der Waals surface area contributed by atoms with Crippen molar-refractivity contribution in [3.05, 3.63) is 17.7 Å². The van der Waals surface area contributed by atoms with Gasteiger partial charge in [-0.15, -0.1) is 15.3 Å². The smallest absolute Gasteiger partial charge is 0.270 e. The average molecular weight is 318 g/mol. The fourth-order valence-corrected chi connectivity index (χ4v) is 2.88. The first-order valence-corrected chi connectivity index (χ1v) is 7.80. The van der Waals surface area contributed by atoms with E-state index < -0.39 is 5.91 Å². The van der Waals surface area contributed by atoms with Gasteiger partial charge in [0, 0.05) is 26.6 Å². The van der Waals surface area contributed by atoms with Crippen molar-refractivity contribution in [1.82, 2.24) is 29.8 Å². The molecule has 1 unspecified atom stereocenters. The van der Waals surface area contributed by atoms with Crippen molar-refractivity contribution < 1.29 is 4.79 Å². The van der Waals surface area contributed by atoms with Crippen molar-refractivity contribution in [3.8, 4) is 0 Å². The van der Waals surface area contributed by atoms with E-state index in [1.165, 1.54) is 0 Å². The number of hydrogen-bond acceptors (Lipinski definition) is 6. The zero-order chi connectivity index (χ0) is 16.6. The third kappa shape index (κ3) is 3.03. The Morgan fingerprint density at radius 1 is 1.39 bits per heavy atom. The van der Waals surface area contributed by atoms with Gasteiger partial charge in [0.25, 0.3) is 5.91 Å². The molecule has 2 aromatic rings. The number of rotatable bonds is 5. The van der Waals surface area contributed by atoms with Crippen LogP contribution in [0.5, 0.6) is 0 Å². The first-order chi connectivity index (χ1) is 11.0. The molecule has 1 amide bonds. The van der Waals surface area contributed by atoms with E-state index in [0.29, 0.717) is 5.92 Å². The van der Waals surface area contributed by atoms with Crippen LogP contribution < -0.4 is 10.6 Å². The summed E-state index contributed by atoms with van der Waals surface area (Å²) in [6.07, 6.45) is 3.43. The maximum Gasteiger partial charge on any atom is 0.270 e. The van der Waals surface area contributed by atoms with E-state index >= 15 is 0 Å². The average Bonchev–Trinajstić information content (AvgIpc) is 3.18. The third-order valence-electron chi connectivity index (χ3n) is 4.12. The highest BCUT2D eigenvalue weighted by Crippen LogP contribution is 2.25. The SMILES string of the molecule is CC(C)Cc1nnc(N2CCC(n3cc(C(N)=O)nn3)C2)n1C. The van der Waals surface area contributed by atoms with Gasteiger partial charge in [0.15, 0.2) is 5.69 Å². The minimum atomic E-state index is -0.558. The highest BCUT2D eigenvalue weighted by atomic mass is 16.1. The van der Waals surface area contributed by atoms with Gasteiger partial charge >= 0.3 is 0 Å². The van der Waals surface area contributed by atoms with E-state index in [9.17, 15) is 4.79 Å². The number of carbonyl (C=O) groups is 1. The predicted octanol–water partition coefficient (Wildman–Crippen LogP) is 0.155. The number of primary amides is 1. The zero-order valence-electron chi connectivity index (χ0n) is 13.7. The molecule has 0 aromatic carbocycles. The molecule has 1 fully saturated rings. The van der Waals surface area contributed by atoms with Crippen LogP contribution in [0.1, 0.15) is 42.6 Å². The van der Waals surface area contributed by atoms with E-state index in [4.69, 9.17) is 5.73 Å². The Hall–Kier alpha value is -2.45. The lowest BCUT2D eigenvalue weighted by Gasteiger charge is -2.17. The summed E-state index contributed by atoms with van der Waals surface area (Å²) >= 11 is 0. The number of aromatic nitrogens is 6. The monoisotopic (exact) mass is 318 g/mol. The quantitative estimate of drug-likeness (QED) is 0.841. The second-order valence-electron chi connectivity index (χ2n) is 6.41. The lowest BCUT2D eigenvalue weighted by atomic mass is 10.1. The number of nitrogens with zero attached hydrogens (tertiary/aromatic N) is 7. The molecule has 0 spiro atoms. The second-order valence-corrected chi connectivity index (χ2v) is 6.41. The first-order valence-electron chi connectivity index (χ1n) is 7.80. The summed E-state index contributed by atoms with van der Waals surface area (Å²) in [6, 6.07) is 0.154. The van der Waals surface area contributed by atoms with Gasteiger partial charge in [-0.25, -0.2) is 4.68 Å². The normalized spacial score (nSPS) is 18.1. The number of carbonyl (C=O) groups excluding carboxylic acids is 1. The van der Waals surface area contributed by atoms with E-state index in [2.05, 4.69) is 43.8 Å². The van der Waals surface area contributed by atoms with Gasteiger partial charge in [0.1, 0.15) is 5.82 Å². The van der Waals surface area contributed by atoms with E-state index in [1.54, 1.807) is 10.9 Å². The van der Waals surface area contributed by atoms with Crippen LogP contribution in [0.25, 0.3) is 0 Å². The van der Waals surface area contributed by atoms with Crippen molar-refractivity contribution in [1.29, 1.82) is 0 Å². The largest absolute Gasteiger partial charge is 0.364 e. The Labute approximate surface area is 134 Å². The summed E-state index contributed by atoms with van der Waals surface area (Å²) in [7, 11) is 2.00. The maximum atomic E-state index is 11.1. The Morgan fingerprint density at radius 3 is 2.83 bits per heavy atom. The van der Waals surface area contributed by atoms with Gasteiger partial charge < -0.3 is 15.2 Å². The molecule has 1 saturated heterocycles. The summed E-state index contributed by atoms with van der Waals surface area (Å²) in [5.41, 5.74) is 5.42. The molecule has 0 radical (unpaired) electrons. The lowest BCUT2D eigenvalue weighted by molar-refractivity contribution is 0.0995. The number of nitrogens with two attached hydrogens (primary N) is 1. The van der Waals surface area contributed by atoms with Gasteiger partial charge in [-0.1, -0.05) is 19.1 Å². The molecular formula is C14H22N8O. The summed E-state index contributed by atoms with van der Waals surface area (Å²) in [5, 5.41) is 16.4. The molecule has 0 saturated carbocycles. The zero-order valence-corrected chi connectivity index (χ0v) is 13.7. The molecule has 9 heteroatoms. The Morgan fingerprint density at radius 2 is 2.17 bits per heavy atom. The van der Waals surface area contributed by atoms with Crippen molar-refractivity contribution in [2.75, 3.05) is 18.0 Å². The van der Waals surface area contributed by atoms with Crippen molar-refractivity contribution in [3.63, 3.8) is 0 Å². The van der Waals surface area contributed by atoms with Crippen LogP contribution >= 0.6 is 0 Å². The second kappa shape index (κ2) is 5.98. The summed E-state index contributed by atoms with van der Waals surface area (Å²) in [6.45, 7) is 5.96. The van der Waals surface area contributed by atoms with Crippen LogP contribution in [0.2, 0.25) is 0 Å². The van der Waals surface area contributed by atoms with Gasteiger partial charge in [0.05, 0.1) is 12.2 Å². The van der Waals surface area contributed by atoms with Crippen LogP contribution in [0, 0.1) is 5.92 Å². The molecule has 2 aromatic heterocycles. The molecule has 1 aliphatic rings. The number of hydrogen-bond donors (Lipinski definition) is 1. The summed E-state index contributed by atoms with van der Waals surface area (Å²) < 4.78 is 3.77. The van der Waals surface area contributed by atoms with Crippen LogP contribution in [0.15, 0.2) is 6.20 Å². The Bertz CT molecular complexity index is 703. The highest BCUT2D eigenvalue weighted by Gasteiger charge is 2.28. The summed E-state index contributed by atoms with van der Waals surface area (Å²) in [5.74, 6) is 1.85. The van der Waals surface area contributed by atoms with Gasteiger partial charge in [0.2, 0.25) is 5.95 Å². The number of amides is 1. The molecule has 2 N–H and O–H groups in total. The predicted molar refractivity (Wildman–Crippen MR) is 84.0 cm³/mol. The molecule has 124 valence electrons. The van der Waals surface area contributed by atoms with Crippen LogP contribution in [0.4, 0.5) is 5.95 Å². The van der Waals surface area contributed by atoms with Crippen molar-refractivity contribution in [2.45, 2.75) is 32.7 Å². The molecule has 23 heavy (non-hydrogen) atoms. The minimum absolute atomic E-state index is 0.154. The molecule has 1 atom stereocenters. The fraction of sp³-hybridized carbons (Fsp3) is 0.643. The van der Waals surface area contributed by atoms with Gasteiger partial charge in [-0.2, -0.15) is 0 Å². The molecule has 9 nitrogen and oxygen atoms in total. The Balaban J connectivity index is 1.72. The lowest BCUT2D eigenvalue weighted by Crippen LogP contribution is -2.24. The van der Waals surface area contributed by atoms with E-state index in [-0.39, 0.29) is 11.7 Å². The maximum absolute atomic E-state index is 11.1. The molecule has 0 aliphatic carbocycles. The number of anilines is 1. The Kier molecular flexibility index (Phi) is 4.01. The van der Waals surface area contributed by atoms with Crippen molar-refractivity contribution >= 4 is 11.9 Å². The third-order valence-corrected chi connectivity index (χ3v) is 4.12. The summed E-state index contributed by atoms with van der Waals surface area (Å²) in [4.78, 5) is 13.3. The molecule has 3 heterocycles. The van der Waals surface area contributed by atoms with Crippen molar-refractivity contribution in [2.24, 2.45) is 18.7 Å². The minimum Gasteiger partial charge on any atom is -0.364 e. The fourth-order valence-electron chi connectivity index (χ4n) is 2.88. The van der Waals surface area contributed by atoms with Crippen LogP contribution in [-0.4, -0.2) is 48.8 Å². The van der Waals surface area contributed by atoms with Gasteiger partial charge in [-0.3, -0.25) is 4.79 Å².